The molecule has 116 valence electrons. The summed E-state index contributed by atoms with van der Waals surface area (Å²) in [6, 6.07) is 0.396. The first-order valence-electron chi connectivity index (χ1n) is 7.77. The highest BCUT2D eigenvalue weighted by atomic mass is 16.5. The molecule has 0 aliphatic carbocycles. The van der Waals surface area contributed by atoms with E-state index in [0.717, 1.165) is 45.5 Å². The summed E-state index contributed by atoms with van der Waals surface area (Å²) in [6.45, 7) is 10.2. The van der Waals surface area contributed by atoms with Crippen LogP contribution < -0.4 is 5.32 Å². The number of nitrogens with one attached hydrogen (secondary N) is 1. The second-order valence-electron chi connectivity index (χ2n) is 4.83. The highest BCUT2D eigenvalue weighted by Crippen LogP contribution is 2.08. The van der Waals surface area contributed by atoms with Crippen molar-refractivity contribution in [1.29, 1.82) is 0 Å². The Hall–Kier alpha value is -0.610. The molecule has 19 heavy (non-hydrogen) atoms. The van der Waals surface area contributed by atoms with Crippen LogP contribution in [0.5, 0.6) is 0 Å². The van der Waals surface area contributed by atoms with Gasteiger partial charge in [-0.15, -0.1) is 0 Å². The topological polar surface area (TPSA) is 41.6 Å². The van der Waals surface area contributed by atoms with Crippen molar-refractivity contribution in [2.75, 3.05) is 33.4 Å². The van der Waals surface area contributed by atoms with Gasteiger partial charge in [-0.3, -0.25) is 9.69 Å². The van der Waals surface area contributed by atoms with Gasteiger partial charge in [-0.25, -0.2) is 0 Å². The second-order valence-corrected chi connectivity index (χ2v) is 4.83. The van der Waals surface area contributed by atoms with Crippen LogP contribution in [0.15, 0.2) is 0 Å². The first-order valence-corrected chi connectivity index (χ1v) is 7.77. The van der Waals surface area contributed by atoms with Crippen LogP contribution >= 0.6 is 0 Å². The number of carbonyl (C=O) groups is 1. The number of unbranched alkanes of at least 4 members (excludes halogenated alkanes) is 2. The van der Waals surface area contributed by atoms with Crippen molar-refractivity contribution >= 4 is 5.91 Å². The van der Waals surface area contributed by atoms with Crippen LogP contribution in [-0.4, -0.2) is 50.2 Å². The first kappa shape index (κ1) is 18.4. The van der Waals surface area contributed by atoms with E-state index in [1.165, 1.54) is 6.42 Å². The van der Waals surface area contributed by atoms with Crippen molar-refractivity contribution in [2.24, 2.45) is 0 Å². The predicted octanol–water partition coefficient (Wildman–Crippen LogP) is 2.68. The molecule has 0 atom stereocenters. The Labute approximate surface area is 120 Å². The molecule has 0 aromatic carbocycles. The normalized spacial score (nSPS) is 15.4. The van der Waals surface area contributed by atoms with Gasteiger partial charge in [0.05, 0.1) is 6.04 Å². The van der Waals surface area contributed by atoms with E-state index in [0.29, 0.717) is 12.5 Å². The zero-order chi connectivity index (χ0) is 14.5. The monoisotopic (exact) mass is 274 g/mol. The van der Waals surface area contributed by atoms with Crippen molar-refractivity contribution in [2.45, 2.75) is 58.9 Å². The minimum absolute atomic E-state index is 0. The number of hydrogen-bond acceptors (Lipinski definition) is 3. The zero-order valence-corrected chi connectivity index (χ0v) is 13.2. The molecule has 1 aliphatic heterocycles. The second kappa shape index (κ2) is 12.4. The predicted molar refractivity (Wildman–Crippen MR) is 82.5 cm³/mol. The molecule has 1 fully saturated rings. The number of rotatable bonds is 9. The molecule has 0 aromatic rings. The van der Waals surface area contributed by atoms with E-state index in [9.17, 15) is 4.79 Å². The van der Waals surface area contributed by atoms with E-state index in [2.05, 4.69) is 17.1 Å². The number of hydrogen-bond donors (Lipinski definition) is 1. The summed E-state index contributed by atoms with van der Waals surface area (Å²) in [6.07, 6.45) is 4.96. The Bertz CT molecular complexity index is 222. The highest BCUT2D eigenvalue weighted by Gasteiger charge is 2.26. The molecule has 1 rings (SSSR count). The third-order valence-electron chi connectivity index (χ3n) is 3.11. The first-order chi connectivity index (χ1) is 9.26. The molecule has 1 heterocycles. The highest BCUT2D eigenvalue weighted by molar-refractivity contribution is 5.76. The van der Waals surface area contributed by atoms with Crippen molar-refractivity contribution in [3.8, 4) is 0 Å². The van der Waals surface area contributed by atoms with E-state index in [4.69, 9.17) is 4.74 Å². The molecular formula is C15H34N2O2. The number of carbonyl (C=O) groups excluding carboxylic acids is 1. The van der Waals surface area contributed by atoms with Gasteiger partial charge >= 0.3 is 0 Å². The van der Waals surface area contributed by atoms with Crippen molar-refractivity contribution in [3.05, 3.63) is 0 Å². The van der Waals surface area contributed by atoms with Crippen LogP contribution in [0, 0.1) is 0 Å². The van der Waals surface area contributed by atoms with E-state index >= 15 is 0 Å². The molecular weight excluding hydrogens is 240 g/mol. The lowest BCUT2D eigenvalue weighted by molar-refractivity contribution is -0.123. The van der Waals surface area contributed by atoms with Crippen LogP contribution in [0.25, 0.3) is 0 Å². The standard InChI is InChI=1S/C13H26N2O2.C2H6.H2/c1-3-8-15-10-12(11-15)14-13(16)7-5-4-6-9-17-2;1-2;/h12H,3-11H2,1-2H3,(H,14,16);1-2H3;1H. The largest absolute Gasteiger partial charge is 0.385 e. The number of likely N-dealkylation sites (tertiary alicyclic amines) is 1. The molecule has 4 nitrogen and oxygen atoms in total. The Morgan fingerprint density at radius 2 is 2.00 bits per heavy atom. The molecule has 1 saturated heterocycles. The minimum atomic E-state index is 0. The van der Waals surface area contributed by atoms with Crippen LogP contribution in [0.1, 0.15) is 54.3 Å². The van der Waals surface area contributed by atoms with Gasteiger partial charge in [0.25, 0.3) is 0 Å². The fraction of sp³-hybridized carbons (Fsp3) is 0.933. The molecule has 1 N–H and O–H groups in total. The Morgan fingerprint density at radius 3 is 2.58 bits per heavy atom. The molecule has 0 saturated carbocycles. The van der Waals surface area contributed by atoms with Crippen LogP contribution in [0.3, 0.4) is 0 Å². The smallest absolute Gasteiger partial charge is 0.220 e. The van der Waals surface area contributed by atoms with Gasteiger partial charge in [-0.1, -0.05) is 27.2 Å². The number of methoxy groups -OCH3 is 1. The Balaban J connectivity index is 0. The lowest BCUT2D eigenvalue weighted by Gasteiger charge is -2.39. The third kappa shape index (κ3) is 9.00. The van der Waals surface area contributed by atoms with Gasteiger partial charge in [0.15, 0.2) is 0 Å². The maximum atomic E-state index is 11.6. The zero-order valence-electron chi connectivity index (χ0n) is 13.2. The van der Waals surface area contributed by atoms with Gasteiger partial charge in [-0.05, 0) is 25.8 Å². The maximum Gasteiger partial charge on any atom is 0.220 e. The third-order valence-corrected chi connectivity index (χ3v) is 3.11. The minimum Gasteiger partial charge on any atom is -0.385 e. The Morgan fingerprint density at radius 1 is 1.32 bits per heavy atom. The number of amides is 1. The molecule has 0 bridgehead atoms. The van der Waals surface area contributed by atoms with Gasteiger partial charge < -0.3 is 10.1 Å². The van der Waals surface area contributed by atoms with E-state index in [-0.39, 0.29) is 7.33 Å². The lowest BCUT2D eigenvalue weighted by atomic mass is 10.1. The lowest BCUT2D eigenvalue weighted by Crippen LogP contribution is -2.59. The van der Waals surface area contributed by atoms with Crippen molar-refractivity contribution < 1.29 is 11.0 Å². The fourth-order valence-corrected chi connectivity index (χ4v) is 2.17. The summed E-state index contributed by atoms with van der Waals surface area (Å²) in [5.41, 5.74) is 0. The van der Waals surface area contributed by atoms with E-state index in [1.54, 1.807) is 7.11 Å². The summed E-state index contributed by atoms with van der Waals surface area (Å²) in [5.74, 6) is 0.212. The molecule has 4 heteroatoms. The summed E-state index contributed by atoms with van der Waals surface area (Å²) >= 11 is 0. The molecule has 1 aliphatic rings. The number of nitrogens with zero attached hydrogens (tertiary/aromatic N) is 1. The molecule has 0 aromatic heterocycles. The average molecular weight is 274 g/mol. The quantitative estimate of drug-likeness (QED) is 0.657. The Kier molecular flexibility index (Phi) is 12.0. The molecule has 1 amide bonds. The van der Waals surface area contributed by atoms with Gasteiger partial charge in [0.1, 0.15) is 0 Å². The summed E-state index contributed by atoms with van der Waals surface area (Å²) in [5, 5.41) is 3.08. The molecule has 0 radical (unpaired) electrons. The van der Waals surface area contributed by atoms with Crippen molar-refractivity contribution in [1.82, 2.24) is 10.2 Å². The van der Waals surface area contributed by atoms with E-state index < -0.39 is 0 Å². The summed E-state index contributed by atoms with van der Waals surface area (Å²) in [7, 11) is 1.71. The SMILES string of the molecule is CC.CCCN1CC(NC(=O)CCCCCOC)C1.[HH]. The molecule has 0 spiro atoms. The maximum absolute atomic E-state index is 11.6. The van der Waals surface area contributed by atoms with Crippen LogP contribution in [0.4, 0.5) is 0 Å². The molecule has 0 unspecified atom stereocenters. The average Bonchev–Trinajstić information content (AvgIpc) is 2.38. The fourth-order valence-electron chi connectivity index (χ4n) is 2.17. The van der Waals surface area contributed by atoms with Gasteiger partial charge in [-0.2, -0.15) is 0 Å². The van der Waals surface area contributed by atoms with Crippen LogP contribution in [-0.2, 0) is 9.53 Å². The van der Waals surface area contributed by atoms with Gasteiger partial charge in [0, 0.05) is 34.7 Å². The van der Waals surface area contributed by atoms with E-state index in [1.807, 2.05) is 13.8 Å². The van der Waals surface area contributed by atoms with Gasteiger partial charge in [0.2, 0.25) is 5.91 Å². The van der Waals surface area contributed by atoms with Crippen molar-refractivity contribution in [3.63, 3.8) is 0 Å². The van der Waals surface area contributed by atoms with Crippen LogP contribution in [0.2, 0.25) is 0 Å². The summed E-state index contributed by atoms with van der Waals surface area (Å²) < 4.78 is 4.97. The number of ether oxygens (including phenoxy) is 1. The summed E-state index contributed by atoms with van der Waals surface area (Å²) in [4.78, 5) is 14.0.